The standard InChI is InChI=1S/C14H11BrCl2FN/c15-10-5-4-8(6-13(10)18)14(19)7-9-11(16)2-1-3-12(9)17/h1-6,14H,7,19H2. The predicted octanol–water partition coefficient (Wildman–Crippen LogP) is 5.14. The molecule has 0 bridgehead atoms. The molecule has 0 aliphatic rings. The SMILES string of the molecule is NC(Cc1c(Cl)cccc1Cl)c1ccc(Br)c(F)c1. The fraction of sp³-hybridized carbons (Fsp3) is 0.143. The molecule has 1 nitrogen and oxygen atoms in total. The summed E-state index contributed by atoms with van der Waals surface area (Å²) in [5.74, 6) is -0.335. The summed E-state index contributed by atoms with van der Waals surface area (Å²) in [5, 5.41) is 1.14. The first-order valence-electron chi connectivity index (χ1n) is 5.62. The van der Waals surface area contributed by atoms with Crippen LogP contribution < -0.4 is 5.73 Å². The van der Waals surface area contributed by atoms with Crippen molar-refractivity contribution < 1.29 is 4.39 Å². The molecule has 0 fully saturated rings. The van der Waals surface area contributed by atoms with Crippen LogP contribution in [-0.4, -0.2) is 0 Å². The first kappa shape index (κ1) is 14.8. The van der Waals surface area contributed by atoms with Crippen molar-refractivity contribution in [1.82, 2.24) is 0 Å². The van der Waals surface area contributed by atoms with E-state index in [1.807, 2.05) is 0 Å². The van der Waals surface area contributed by atoms with E-state index >= 15 is 0 Å². The Kier molecular flexibility index (Phi) is 4.85. The summed E-state index contributed by atoms with van der Waals surface area (Å²) >= 11 is 15.3. The predicted molar refractivity (Wildman–Crippen MR) is 81.2 cm³/mol. The molecule has 0 aliphatic heterocycles. The summed E-state index contributed by atoms with van der Waals surface area (Å²) < 4.78 is 13.9. The van der Waals surface area contributed by atoms with Gasteiger partial charge in [0.2, 0.25) is 0 Å². The maximum atomic E-state index is 13.5. The van der Waals surface area contributed by atoms with Crippen LogP contribution in [0.5, 0.6) is 0 Å². The molecule has 0 aliphatic carbocycles. The van der Waals surface area contributed by atoms with E-state index in [1.165, 1.54) is 6.07 Å². The van der Waals surface area contributed by atoms with Crippen LogP contribution in [0.3, 0.4) is 0 Å². The van der Waals surface area contributed by atoms with Gasteiger partial charge in [0.1, 0.15) is 5.82 Å². The molecule has 1 atom stereocenters. The number of nitrogens with two attached hydrogens (primary N) is 1. The molecule has 2 rings (SSSR count). The average Bonchev–Trinajstić information content (AvgIpc) is 2.37. The van der Waals surface area contributed by atoms with Crippen LogP contribution in [0.2, 0.25) is 10.0 Å². The Morgan fingerprint density at radius 1 is 1.16 bits per heavy atom. The Morgan fingerprint density at radius 2 is 1.79 bits per heavy atom. The summed E-state index contributed by atoms with van der Waals surface area (Å²) in [7, 11) is 0. The minimum absolute atomic E-state index is 0.335. The fourth-order valence-electron chi connectivity index (χ4n) is 1.81. The second kappa shape index (κ2) is 6.23. The zero-order valence-electron chi connectivity index (χ0n) is 9.84. The van der Waals surface area contributed by atoms with Crippen molar-refractivity contribution >= 4 is 39.1 Å². The van der Waals surface area contributed by atoms with Crippen molar-refractivity contribution in [2.24, 2.45) is 5.73 Å². The third-order valence-corrected chi connectivity index (χ3v) is 4.21. The summed E-state index contributed by atoms with van der Waals surface area (Å²) in [6.07, 6.45) is 0.458. The van der Waals surface area contributed by atoms with Gasteiger partial charge in [0, 0.05) is 16.1 Å². The summed E-state index contributed by atoms with van der Waals surface area (Å²) in [6.45, 7) is 0. The van der Waals surface area contributed by atoms with Crippen molar-refractivity contribution in [2.75, 3.05) is 0 Å². The van der Waals surface area contributed by atoms with Crippen LogP contribution in [-0.2, 0) is 6.42 Å². The zero-order valence-corrected chi connectivity index (χ0v) is 12.9. The molecular formula is C14H11BrCl2FN. The smallest absolute Gasteiger partial charge is 0.137 e. The number of hydrogen-bond acceptors (Lipinski definition) is 1. The van der Waals surface area contributed by atoms with E-state index in [1.54, 1.807) is 30.3 Å². The number of hydrogen-bond donors (Lipinski definition) is 1. The van der Waals surface area contributed by atoms with Crippen LogP contribution in [0, 0.1) is 5.82 Å². The molecule has 0 spiro atoms. The van der Waals surface area contributed by atoms with E-state index < -0.39 is 0 Å². The Labute approximate surface area is 129 Å². The van der Waals surface area contributed by atoms with Gasteiger partial charge in [0.15, 0.2) is 0 Å². The zero-order chi connectivity index (χ0) is 14.0. The molecule has 2 aromatic carbocycles. The Morgan fingerprint density at radius 3 is 2.37 bits per heavy atom. The first-order chi connectivity index (χ1) is 8.99. The summed E-state index contributed by atoms with van der Waals surface area (Å²) in [4.78, 5) is 0. The highest BCUT2D eigenvalue weighted by molar-refractivity contribution is 9.10. The van der Waals surface area contributed by atoms with Gasteiger partial charge in [0.05, 0.1) is 4.47 Å². The summed E-state index contributed by atoms with van der Waals surface area (Å²) in [6, 6.07) is 9.77. The van der Waals surface area contributed by atoms with Gasteiger partial charge in [-0.05, 0) is 57.7 Å². The molecular weight excluding hydrogens is 352 g/mol. The third kappa shape index (κ3) is 3.48. The molecule has 5 heteroatoms. The maximum absolute atomic E-state index is 13.5. The van der Waals surface area contributed by atoms with E-state index in [2.05, 4.69) is 15.9 Å². The topological polar surface area (TPSA) is 26.0 Å². The third-order valence-electron chi connectivity index (χ3n) is 2.86. The monoisotopic (exact) mass is 361 g/mol. The van der Waals surface area contributed by atoms with Gasteiger partial charge in [-0.2, -0.15) is 0 Å². The molecule has 2 aromatic rings. The van der Waals surface area contributed by atoms with E-state index in [9.17, 15) is 4.39 Å². The van der Waals surface area contributed by atoms with Gasteiger partial charge in [0.25, 0.3) is 0 Å². The largest absolute Gasteiger partial charge is 0.324 e. The van der Waals surface area contributed by atoms with Gasteiger partial charge in [-0.1, -0.05) is 35.3 Å². The molecule has 100 valence electrons. The lowest BCUT2D eigenvalue weighted by Gasteiger charge is -2.14. The van der Waals surface area contributed by atoms with Gasteiger partial charge < -0.3 is 5.73 Å². The van der Waals surface area contributed by atoms with Gasteiger partial charge >= 0.3 is 0 Å². The number of benzene rings is 2. The van der Waals surface area contributed by atoms with Gasteiger partial charge in [-0.3, -0.25) is 0 Å². The molecule has 0 saturated carbocycles. The summed E-state index contributed by atoms with van der Waals surface area (Å²) in [5.41, 5.74) is 7.57. The van der Waals surface area contributed by atoms with E-state index in [-0.39, 0.29) is 11.9 Å². The fourth-order valence-corrected chi connectivity index (χ4v) is 2.61. The van der Waals surface area contributed by atoms with Crippen molar-refractivity contribution in [3.05, 3.63) is 67.9 Å². The molecule has 19 heavy (non-hydrogen) atoms. The minimum Gasteiger partial charge on any atom is -0.324 e. The molecule has 1 unspecified atom stereocenters. The highest BCUT2D eigenvalue weighted by Gasteiger charge is 2.13. The first-order valence-corrected chi connectivity index (χ1v) is 7.17. The Balaban J connectivity index is 2.25. The molecule has 0 heterocycles. The highest BCUT2D eigenvalue weighted by atomic mass is 79.9. The van der Waals surface area contributed by atoms with Crippen LogP contribution in [0.25, 0.3) is 0 Å². The van der Waals surface area contributed by atoms with Gasteiger partial charge in [-0.15, -0.1) is 0 Å². The normalized spacial score (nSPS) is 12.5. The lowest BCUT2D eigenvalue weighted by atomic mass is 9.99. The van der Waals surface area contributed by atoms with Crippen LogP contribution in [0.1, 0.15) is 17.2 Å². The molecule has 0 radical (unpaired) electrons. The molecule has 2 N–H and O–H groups in total. The molecule has 0 amide bonds. The second-order valence-electron chi connectivity index (χ2n) is 4.18. The second-order valence-corrected chi connectivity index (χ2v) is 5.85. The lowest BCUT2D eigenvalue weighted by molar-refractivity contribution is 0.612. The van der Waals surface area contributed by atoms with Gasteiger partial charge in [-0.25, -0.2) is 4.39 Å². The minimum atomic E-state index is -0.361. The molecule has 0 saturated heterocycles. The molecule has 0 aromatic heterocycles. The van der Waals surface area contributed by atoms with Crippen molar-refractivity contribution in [3.63, 3.8) is 0 Å². The van der Waals surface area contributed by atoms with Crippen LogP contribution in [0.15, 0.2) is 40.9 Å². The van der Waals surface area contributed by atoms with Crippen LogP contribution in [0.4, 0.5) is 4.39 Å². The quantitative estimate of drug-likeness (QED) is 0.803. The van der Waals surface area contributed by atoms with E-state index in [0.29, 0.717) is 26.5 Å². The van der Waals surface area contributed by atoms with E-state index in [0.717, 1.165) is 5.56 Å². The van der Waals surface area contributed by atoms with Crippen molar-refractivity contribution in [3.8, 4) is 0 Å². The van der Waals surface area contributed by atoms with Crippen LogP contribution >= 0.6 is 39.1 Å². The Hall–Kier alpha value is -0.610. The number of halogens is 4. The maximum Gasteiger partial charge on any atom is 0.137 e. The van der Waals surface area contributed by atoms with Crippen molar-refractivity contribution in [2.45, 2.75) is 12.5 Å². The number of rotatable bonds is 3. The average molecular weight is 363 g/mol. The highest BCUT2D eigenvalue weighted by Crippen LogP contribution is 2.29. The lowest BCUT2D eigenvalue weighted by Crippen LogP contribution is -2.14. The Bertz CT molecular complexity index is 584. The van der Waals surface area contributed by atoms with Crippen molar-refractivity contribution in [1.29, 1.82) is 0 Å². The van der Waals surface area contributed by atoms with E-state index in [4.69, 9.17) is 28.9 Å².